The van der Waals surface area contributed by atoms with Gasteiger partial charge in [-0.3, -0.25) is 4.79 Å². The topological polar surface area (TPSA) is 23.6 Å². The lowest BCUT2D eigenvalue weighted by Gasteiger charge is -2.41. The summed E-state index contributed by atoms with van der Waals surface area (Å²) in [6.45, 7) is 6.74. The first-order valence-corrected chi connectivity index (χ1v) is 7.81. The van der Waals surface area contributed by atoms with Crippen molar-refractivity contribution in [1.29, 1.82) is 0 Å². The predicted molar refractivity (Wildman–Crippen MR) is 73.4 cm³/mol. The number of carbonyl (C=O) groups excluding carboxylic acids is 1. The number of nitrogens with zero attached hydrogens (tertiary/aromatic N) is 2. The van der Waals surface area contributed by atoms with Crippen LogP contribution in [-0.2, 0) is 4.79 Å². The summed E-state index contributed by atoms with van der Waals surface area (Å²) < 4.78 is 0. The Labute approximate surface area is 113 Å². The van der Waals surface area contributed by atoms with Crippen molar-refractivity contribution in [3.63, 3.8) is 0 Å². The van der Waals surface area contributed by atoms with E-state index in [4.69, 9.17) is 0 Å². The molecule has 1 unspecified atom stereocenters. The van der Waals surface area contributed by atoms with E-state index in [0.29, 0.717) is 11.9 Å². The SMILES string of the molecule is CCCN1CCC(N2CCCC(Br)C2=O)CC1. The van der Waals surface area contributed by atoms with Crippen LogP contribution in [0.4, 0.5) is 0 Å². The Morgan fingerprint density at radius 2 is 1.94 bits per heavy atom. The number of amides is 1. The van der Waals surface area contributed by atoms with Crippen LogP contribution in [-0.4, -0.2) is 52.8 Å². The molecule has 0 aliphatic carbocycles. The number of hydrogen-bond donors (Lipinski definition) is 0. The molecular formula is C13H23BrN2O. The van der Waals surface area contributed by atoms with Gasteiger partial charge < -0.3 is 9.80 Å². The Morgan fingerprint density at radius 3 is 2.59 bits per heavy atom. The lowest BCUT2D eigenvalue weighted by Crippen LogP contribution is -2.51. The van der Waals surface area contributed by atoms with E-state index in [2.05, 4.69) is 32.7 Å². The van der Waals surface area contributed by atoms with E-state index in [9.17, 15) is 4.79 Å². The van der Waals surface area contributed by atoms with Gasteiger partial charge in [0.15, 0.2) is 0 Å². The molecule has 4 heteroatoms. The first kappa shape index (κ1) is 13.3. The third kappa shape index (κ3) is 3.22. The summed E-state index contributed by atoms with van der Waals surface area (Å²) in [5, 5.41) is 0. The average molecular weight is 303 g/mol. The van der Waals surface area contributed by atoms with Gasteiger partial charge in [0, 0.05) is 25.7 Å². The van der Waals surface area contributed by atoms with Gasteiger partial charge in [0.2, 0.25) is 5.91 Å². The second kappa shape index (κ2) is 6.19. The molecule has 1 amide bonds. The van der Waals surface area contributed by atoms with Crippen LogP contribution in [0.3, 0.4) is 0 Å². The number of halogens is 1. The quantitative estimate of drug-likeness (QED) is 0.747. The molecule has 2 aliphatic heterocycles. The van der Waals surface area contributed by atoms with Crippen LogP contribution < -0.4 is 0 Å². The number of likely N-dealkylation sites (tertiary alicyclic amines) is 2. The summed E-state index contributed by atoms with van der Waals surface area (Å²) in [4.78, 5) is 16.8. The maximum atomic E-state index is 12.1. The van der Waals surface area contributed by atoms with Gasteiger partial charge in [-0.15, -0.1) is 0 Å². The minimum Gasteiger partial charge on any atom is -0.339 e. The van der Waals surface area contributed by atoms with E-state index in [1.165, 1.54) is 13.0 Å². The van der Waals surface area contributed by atoms with Gasteiger partial charge in [0.05, 0.1) is 4.83 Å². The number of carbonyl (C=O) groups is 1. The standard InChI is InChI=1S/C13H23BrN2O/c1-2-7-15-9-5-11(6-10-15)16-8-3-4-12(14)13(16)17/h11-12H,2-10H2,1H3. The second-order valence-corrected chi connectivity index (χ2v) is 6.32. The van der Waals surface area contributed by atoms with Crippen molar-refractivity contribution in [2.24, 2.45) is 0 Å². The summed E-state index contributed by atoms with van der Waals surface area (Å²) >= 11 is 3.50. The van der Waals surface area contributed by atoms with Crippen LogP contribution in [0.1, 0.15) is 39.0 Å². The van der Waals surface area contributed by atoms with E-state index in [1.54, 1.807) is 0 Å². The zero-order valence-corrected chi connectivity index (χ0v) is 12.3. The molecule has 2 aliphatic rings. The van der Waals surface area contributed by atoms with Crippen molar-refractivity contribution < 1.29 is 4.79 Å². The van der Waals surface area contributed by atoms with Crippen LogP contribution in [0, 0.1) is 0 Å². The molecular weight excluding hydrogens is 280 g/mol. The maximum absolute atomic E-state index is 12.1. The van der Waals surface area contributed by atoms with Gasteiger partial charge in [0.25, 0.3) is 0 Å². The predicted octanol–water partition coefficient (Wildman–Crippen LogP) is 2.25. The smallest absolute Gasteiger partial charge is 0.236 e. The Balaban J connectivity index is 1.85. The lowest BCUT2D eigenvalue weighted by atomic mass is 9.99. The summed E-state index contributed by atoms with van der Waals surface area (Å²) in [6.07, 6.45) is 5.70. The fourth-order valence-electron chi connectivity index (χ4n) is 2.99. The van der Waals surface area contributed by atoms with Crippen LogP contribution in [0.25, 0.3) is 0 Å². The van der Waals surface area contributed by atoms with Crippen LogP contribution >= 0.6 is 15.9 Å². The highest BCUT2D eigenvalue weighted by Gasteiger charge is 2.33. The lowest BCUT2D eigenvalue weighted by molar-refractivity contribution is -0.135. The Kier molecular flexibility index (Phi) is 4.86. The second-order valence-electron chi connectivity index (χ2n) is 5.21. The monoisotopic (exact) mass is 302 g/mol. The molecule has 2 saturated heterocycles. The van der Waals surface area contributed by atoms with Gasteiger partial charge in [-0.25, -0.2) is 0 Å². The molecule has 1 atom stereocenters. The molecule has 3 nitrogen and oxygen atoms in total. The fourth-order valence-corrected chi connectivity index (χ4v) is 3.57. The van der Waals surface area contributed by atoms with Crippen molar-refractivity contribution in [3.05, 3.63) is 0 Å². The highest BCUT2D eigenvalue weighted by molar-refractivity contribution is 9.10. The molecule has 0 aromatic heterocycles. The van der Waals surface area contributed by atoms with Gasteiger partial charge in [0.1, 0.15) is 0 Å². The summed E-state index contributed by atoms with van der Waals surface area (Å²) in [7, 11) is 0. The molecule has 0 radical (unpaired) electrons. The Morgan fingerprint density at radius 1 is 1.24 bits per heavy atom. The number of hydrogen-bond acceptors (Lipinski definition) is 2. The normalized spacial score (nSPS) is 28.7. The van der Waals surface area contributed by atoms with Gasteiger partial charge in [-0.2, -0.15) is 0 Å². The first-order valence-electron chi connectivity index (χ1n) is 6.89. The van der Waals surface area contributed by atoms with Crippen molar-refractivity contribution in [1.82, 2.24) is 9.80 Å². The van der Waals surface area contributed by atoms with Gasteiger partial charge >= 0.3 is 0 Å². The zero-order valence-electron chi connectivity index (χ0n) is 10.7. The molecule has 0 spiro atoms. The van der Waals surface area contributed by atoms with Crippen molar-refractivity contribution in [2.75, 3.05) is 26.2 Å². The number of alkyl halides is 1. The highest BCUT2D eigenvalue weighted by Crippen LogP contribution is 2.25. The largest absolute Gasteiger partial charge is 0.339 e. The highest BCUT2D eigenvalue weighted by atomic mass is 79.9. The van der Waals surface area contributed by atoms with Crippen molar-refractivity contribution in [3.8, 4) is 0 Å². The van der Waals surface area contributed by atoms with Crippen LogP contribution in [0.2, 0.25) is 0 Å². The van der Waals surface area contributed by atoms with E-state index in [1.807, 2.05) is 0 Å². The third-order valence-electron chi connectivity index (χ3n) is 3.95. The molecule has 0 N–H and O–H groups in total. The Hall–Kier alpha value is -0.0900. The summed E-state index contributed by atoms with van der Waals surface area (Å²) in [5.41, 5.74) is 0. The first-order chi connectivity index (χ1) is 8.22. The molecule has 0 aromatic carbocycles. The minimum atomic E-state index is 0.0740. The molecule has 0 saturated carbocycles. The molecule has 98 valence electrons. The average Bonchev–Trinajstić information content (AvgIpc) is 2.34. The minimum absolute atomic E-state index is 0.0740. The molecule has 0 bridgehead atoms. The van der Waals surface area contributed by atoms with Crippen molar-refractivity contribution >= 4 is 21.8 Å². The number of piperidine rings is 2. The van der Waals surface area contributed by atoms with E-state index < -0.39 is 0 Å². The van der Waals surface area contributed by atoms with Crippen molar-refractivity contribution in [2.45, 2.75) is 49.9 Å². The summed E-state index contributed by atoms with van der Waals surface area (Å²) in [6, 6.07) is 0.496. The third-order valence-corrected chi connectivity index (χ3v) is 4.79. The fraction of sp³-hybridized carbons (Fsp3) is 0.923. The summed E-state index contributed by atoms with van der Waals surface area (Å²) in [5.74, 6) is 0.324. The van der Waals surface area contributed by atoms with E-state index in [-0.39, 0.29) is 4.83 Å². The van der Waals surface area contributed by atoms with Crippen LogP contribution in [0.5, 0.6) is 0 Å². The van der Waals surface area contributed by atoms with Gasteiger partial charge in [-0.1, -0.05) is 22.9 Å². The number of rotatable bonds is 3. The molecule has 2 heterocycles. The molecule has 2 fully saturated rings. The molecule has 0 aromatic rings. The molecule has 2 rings (SSSR count). The van der Waals surface area contributed by atoms with Gasteiger partial charge in [-0.05, 0) is 38.6 Å². The Bertz CT molecular complexity index is 264. The maximum Gasteiger partial charge on any atom is 0.236 e. The molecule has 17 heavy (non-hydrogen) atoms. The van der Waals surface area contributed by atoms with E-state index >= 15 is 0 Å². The zero-order chi connectivity index (χ0) is 12.3. The van der Waals surface area contributed by atoms with Crippen LogP contribution in [0.15, 0.2) is 0 Å². The van der Waals surface area contributed by atoms with E-state index in [0.717, 1.165) is 45.3 Å².